The molecule has 0 saturated heterocycles. The van der Waals surface area contributed by atoms with Crippen LogP contribution in [0.2, 0.25) is 0 Å². The summed E-state index contributed by atoms with van der Waals surface area (Å²) in [6.45, 7) is 0. The molecule has 0 spiro atoms. The number of aromatic nitrogens is 6. The van der Waals surface area contributed by atoms with Crippen molar-refractivity contribution in [1.29, 1.82) is 0 Å². The zero-order chi connectivity index (χ0) is 23.7. The number of nitrogens with zero attached hydrogens (tertiary/aromatic N) is 6. The Morgan fingerprint density at radius 3 is 1.00 bits per heavy atom. The Balaban J connectivity index is 1.49. The second kappa shape index (κ2) is 8.70. The average Bonchev–Trinajstić information content (AvgIpc) is 3.71. The lowest BCUT2D eigenvalue weighted by molar-refractivity contribution is 0.535. The highest BCUT2D eigenvalue weighted by molar-refractivity contribution is 7.58. The van der Waals surface area contributed by atoms with Crippen LogP contribution in [0, 0.1) is 0 Å². The van der Waals surface area contributed by atoms with Crippen LogP contribution in [0.15, 0.2) is 128 Å². The third kappa shape index (κ3) is 3.82. The highest BCUT2D eigenvalue weighted by atomic mass is 31.2. The molecular weight excluding hydrogens is 455 g/mol. The molecule has 0 fully saturated rings. The SMILES string of the molecule is O=P(n1ccc(-c2ccccc2)n1)(n1ccc(-c2ccccc2)n1)n1ccc(-c2ccccc2)n1. The molecule has 8 heteroatoms. The Morgan fingerprint density at radius 1 is 0.429 bits per heavy atom. The van der Waals surface area contributed by atoms with E-state index in [2.05, 4.69) is 0 Å². The maximum Gasteiger partial charge on any atom is 0.418 e. The van der Waals surface area contributed by atoms with Crippen LogP contribution >= 0.6 is 7.59 Å². The smallest absolute Gasteiger partial charge is 0.244 e. The second-order valence-electron chi connectivity index (χ2n) is 7.98. The normalized spacial score (nSPS) is 11.5. The van der Waals surface area contributed by atoms with E-state index in [1.807, 2.05) is 109 Å². The molecule has 0 bridgehead atoms. The van der Waals surface area contributed by atoms with Crippen LogP contribution in [0.5, 0.6) is 0 Å². The molecule has 35 heavy (non-hydrogen) atoms. The number of rotatable bonds is 6. The second-order valence-corrected chi connectivity index (χ2v) is 10.2. The van der Waals surface area contributed by atoms with Crippen molar-refractivity contribution in [1.82, 2.24) is 28.7 Å². The van der Waals surface area contributed by atoms with E-state index in [-0.39, 0.29) is 0 Å². The van der Waals surface area contributed by atoms with Gasteiger partial charge in [0.25, 0.3) is 0 Å². The Labute approximate surface area is 202 Å². The Bertz CT molecular complexity index is 1430. The van der Waals surface area contributed by atoms with Gasteiger partial charge in [0.15, 0.2) is 0 Å². The van der Waals surface area contributed by atoms with E-state index in [1.54, 1.807) is 18.6 Å². The molecule has 6 rings (SSSR count). The number of benzene rings is 3. The van der Waals surface area contributed by atoms with E-state index < -0.39 is 7.59 Å². The lowest BCUT2D eigenvalue weighted by Crippen LogP contribution is -2.15. The Morgan fingerprint density at radius 2 is 0.714 bits per heavy atom. The van der Waals surface area contributed by atoms with Crippen LogP contribution in [-0.2, 0) is 4.57 Å². The van der Waals surface area contributed by atoms with Crippen molar-refractivity contribution in [2.45, 2.75) is 0 Å². The zero-order valence-corrected chi connectivity index (χ0v) is 19.6. The molecule has 0 saturated carbocycles. The highest BCUT2D eigenvalue weighted by Gasteiger charge is 2.33. The minimum atomic E-state index is -3.66. The first-order valence-corrected chi connectivity index (χ1v) is 12.7. The monoisotopic (exact) mass is 476 g/mol. The summed E-state index contributed by atoms with van der Waals surface area (Å²) in [7, 11) is -3.66. The van der Waals surface area contributed by atoms with Crippen LogP contribution in [0.1, 0.15) is 0 Å². The van der Waals surface area contributed by atoms with Gasteiger partial charge < -0.3 is 0 Å². The summed E-state index contributed by atoms with van der Waals surface area (Å²) in [5.74, 6) is 0. The lowest BCUT2D eigenvalue weighted by Gasteiger charge is -2.18. The number of hydrogen-bond acceptors (Lipinski definition) is 4. The van der Waals surface area contributed by atoms with E-state index in [0.717, 1.165) is 33.8 Å². The van der Waals surface area contributed by atoms with Gasteiger partial charge in [-0.2, -0.15) is 28.7 Å². The van der Waals surface area contributed by atoms with E-state index in [0.29, 0.717) is 0 Å². The maximum atomic E-state index is 14.9. The Kier molecular flexibility index (Phi) is 5.24. The molecular formula is C27H21N6OP. The first-order valence-electron chi connectivity index (χ1n) is 11.2. The fourth-order valence-electron chi connectivity index (χ4n) is 3.95. The van der Waals surface area contributed by atoms with Crippen LogP contribution in [-0.4, -0.2) is 28.7 Å². The van der Waals surface area contributed by atoms with Crippen LogP contribution in [0.4, 0.5) is 0 Å². The third-order valence-corrected chi connectivity index (χ3v) is 8.01. The van der Waals surface area contributed by atoms with E-state index in [1.165, 1.54) is 13.4 Å². The summed E-state index contributed by atoms with van der Waals surface area (Å²) in [5, 5.41) is 14.1. The van der Waals surface area contributed by atoms with Gasteiger partial charge in [-0.3, -0.25) is 0 Å². The van der Waals surface area contributed by atoms with E-state index in [9.17, 15) is 4.57 Å². The summed E-state index contributed by atoms with van der Waals surface area (Å²) >= 11 is 0. The fraction of sp³-hybridized carbons (Fsp3) is 0. The standard InChI is InChI=1S/C27H21N6OP/c34-35(31-19-16-25(28-31)22-10-4-1-5-11-22,32-20-17-26(29-32)23-12-6-2-7-13-23)33-21-18-27(30-33)24-14-8-3-9-15-24/h1-21H. The van der Waals surface area contributed by atoms with Crippen molar-refractivity contribution in [3.8, 4) is 33.8 Å². The van der Waals surface area contributed by atoms with Crippen molar-refractivity contribution < 1.29 is 4.57 Å². The van der Waals surface area contributed by atoms with Crippen molar-refractivity contribution in [3.05, 3.63) is 128 Å². The fourth-order valence-corrected chi connectivity index (χ4v) is 5.87. The van der Waals surface area contributed by atoms with Gasteiger partial charge in [-0.15, -0.1) is 0 Å². The molecule has 170 valence electrons. The summed E-state index contributed by atoms with van der Waals surface area (Å²) < 4.78 is 19.3. The summed E-state index contributed by atoms with van der Waals surface area (Å²) in [4.78, 5) is 0. The molecule has 0 radical (unpaired) electrons. The topological polar surface area (TPSA) is 70.5 Å². The molecule has 3 aromatic carbocycles. The van der Waals surface area contributed by atoms with Crippen LogP contribution < -0.4 is 0 Å². The molecule has 0 aliphatic heterocycles. The van der Waals surface area contributed by atoms with Gasteiger partial charge in [-0.05, 0) is 18.2 Å². The molecule has 7 nitrogen and oxygen atoms in total. The van der Waals surface area contributed by atoms with Gasteiger partial charge in [0, 0.05) is 35.3 Å². The molecule has 0 aliphatic rings. The van der Waals surface area contributed by atoms with E-state index in [4.69, 9.17) is 15.3 Å². The minimum Gasteiger partial charge on any atom is -0.244 e. The molecule has 0 N–H and O–H groups in total. The number of hydrogen-bond donors (Lipinski definition) is 0. The maximum absolute atomic E-state index is 14.9. The summed E-state index contributed by atoms with van der Waals surface area (Å²) in [6, 6.07) is 35.0. The first kappa shape index (κ1) is 21.1. The molecule has 0 amide bonds. The molecule has 0 aliphatic carbocycles. The predicted octanol–water partition coefficient (Wildman–Crippen LogP) is 6.33. The van der Waals surface area contributed by atoms with E-state index >= 15 is 0 Å². The molecule has 0 unspecified atom stereocenters. The molecule has 6 aromatic rings. The van der Waals surface area contributed by atoms with Crippen molar-refractivity contribution in [2.24, 2.45) is 0 Å². The lowest BCUT2D eigenvalue weighted by atomic mass is 10.2. The molecule has 0 atom stereocenters. The van der Waals surface area contributed by atoms with Gasteiger partial charge >= 0.3 is 7.59 Å². The first-order chi connectivity index (χ1) is 17.2. The van der Waals surface area contributed by atoms with Crippen molar-refractivity contribution in [2.75, 3.05) is 0 Å². The quantitative estimate of drug-likeness (QED) is 0.263. The van der Waals surface area contributed by atoms with Crippen LogP contribution in [0.3, 0.4) is 0 Å². The largest absolute Gasteiger partial charge is 0.418 e. The molecule has 3 heterocycles. The summed E-state index contributed by atoms with van der Waals surface area (Å²) in [6.07, 6.45) is 5.16. The van der Waals surface area contributed by atoms with Gasteiger partial charge in [0.1, 0.15) is 0 Å². The van der Waals surface area contributed by atoms with Crippen LogP contribution in [0.25, 0.3) is 33.8 Å². The van der Waals surface area contributed by atoms with Gasteiger partial charge in [0.2, 0.25) is 0 Å². The minimum absolute atomic E-state index is 0.719. The van der Waals surface area contributed by atoms with Gasteiger partial charge in [-0.25, -0.2) is 4.57 Å². The third-order valence-electron chi connectivity index (χ3n) is 5.74. The predicted molar refractivity (Wildman–Crippen MR) is 137 cm³/mol. The van der Waals surface area contributed by atoms with Gasteiger partial charge in [-0.1, -0.05) is 91.0 Å². The Hall–Kier alpha value is -4.48. The summed E-state index contributed by atoms with van der Waals surface area (Å²) in [5.41, 5.74) is 4.97. The average molecular weight is 476 g/mol. The zero-order valence-electron chi connectivity index (χ0n) is 18.7. The van der Waals surface area contributed by atoms with Gasteiger partial charge in [0.05, 0.1) is 17.1 Å². The molecule has 3 aromatic heterocycles. The highest BCUT2D eigenvalue weighted by Crippen LogP contribution is 2.49. The van der Waals surface area contributed by atoms with Crippen molar-refractivity contribution >= 4 is 7.59 Å². The van der Waals surface area contributed by atoms with Crippen molar-refractivity contribution in [3.63, 3.8) is 0 Å².